The van der Waals surface area contributed by atoms with Crippen molar-refractivity contribution in [2.75, 3.05) is 11.1 Å². The van der Waals surface area contributed by atoms with E-state index < -0.39 is 0 Å². The fraction of sp³-hybridized carbons (Fsp3) is 0.440. The molecule has 7 rings (SSSR count). The summed E-state index contributed by atoms with van der Waals surface area (Å²) in [5.74, 6) is 2.54. The Kier molecular flexibility index (Phi) is 4.17. The zero-order valence-corrected chi connectivity index (χ0v) is 17.9. The number of nitrogen functional groups attached to an aromatic ring is 1. The number of aromatic nitrogens is 1. The van der Waals surface area contributed by atoms with Crippen LogP contribution in [-0.4, -0.2) is 10.8 Å². The van der Waals surface area contributed by atoms with Gasteiger partial charge in [-0.3, -0.25) is 4.79 Å². The molecule has 4 saturated carbocycles. The number of anilines is 2. The van der Waals surface area contributed by atoms with Gasteiger partial charge in [0.25, 0.3) is 0 Å². The van der Waals surface area contributed by atoms with Crippen LogP contribution in [0.15, 0.2) is 42.6 Å². The molecule has 2 aromatic heterocycles. The van der Waals surface area contributed by atoms with Crippen molar-refractivity contribution in [1.29, 1.82) is 0 Å². The maximum absolute atomic E-state index is 13.9. The van der Waals surface area contributed by atoms with E-state index in [4.69, 9.17) is 5.73 Å². The molecule has 0 amide bonds. The first kappa shape index (κ1) is 18.4. The van der Waals surface area contributed by atoms with Gasteiger partial charge in [0.05, 0.1) is 16.0 Å². The molecule has 4 aliphatic rings. The smallest absolute Gasteiger partial charge is 0.181 e. The molecule has 3 N–H and O–H groups in total. The lowest BCUT2D eigenvalue weighted by Crippen LogP contribution is -2.49. The number of nitrogens with two attached hydrogens (primary N) is 1. The van der Waals surface area contributed by atoms with E-state index in [-0.39, 0.29) is 5.41 Å². The Morgan fingerprint density at radius 3 is 2.40 bits per heavy atom. The molecular formula is C25H27N3OS. The van der Waals surface area contributed by atoms with Crippen LogP contribution in [0.3, 0.4) is 0 Å². The van der Waals surface area contributed by atoms with E-state index in [2.05, 4.69) is 22.4 Å². The molecule has 154 valence electrons. The van der Waals surface area contributed by atoms with Gasteiger partial charge in [0.2, 0.25) is 0 Å². The van der Waals surface area contributed by atoms with Crippen LogP contribution >= 0.6 is 11.3 Å². The lowest BCUT2D eigenvalue weighted by molar-refractivity contribution is -0.0350. The van der Waals surface area contributed by atoms with Gasteiger partial charge in [0.1, 0.15) is 4.83 Å². The fourth-order valence-electron chi connectivity index (χ4n) is 6.78. The minimum Gasteiger partial charge on any atom is -0.397 e. The minimum absolute atomic E-state index is 0.165. The summed E-state index contributed by atoms with van der Waals surface area (Å²) in [5, 5.41) is 4.42. The monoisotopic (exact) mass is 417 g/mol. The molecule has 0 radical (unpaired) electrons. The van der Waals surface area contributed by atoms with E-state index in [1.54, 1.807) is 0 Å². The van der Waals surface area contributed by atoms with E-state index >= 15 is 0 Å². The summed E-state index contributed by atoms with van der Waals surface area (Å²) in [7, 11) is 0. The standard InChI is InChI=1S/C25H27N3OS/c26-21-20-19(28-14-15-4-2-1-3-5-15)6-7-27-24(20)30-22(21)23(29)25-11-16-8-17(12-25)10-18(9-16)13-25/h1-7,16-18H,8-14,26H2,(H,27,28). The summed E-state index contributed by atoms with van der Waals surface area (Å²) in [5.41, 5.74) is 9.27. The van der Waals surface area contributed by atoms with Crippen molar-refractivity contribution in [3.05, 3.63) is 53.0 Å². The van der Waals surface area contributed by atoms with Gasteiger partial charge >= 0.3 is 0 Å². The van der Waals surface area contributed by atoms with Gasteiger partial charge in [0.15, 0.2) is 5.78 Å². The molecule has 4 nitrogen and oxygen atoms in total. The second kappa shape index (κ2) is 6.81. The van der Waals surface area contributed by atoms with Gasteiger partial charge in [-0.25, -0.2) is 4.98 Å². The van der Waals surface area contributed by atoms with Crippen molar-refractivity contribution in [2.45, 2.75) is 45.1 Å². The molecule has 0 spiro atoms. The number of ketones is 1. The SMILES string of the molecule is Nc1c(C(=O)C23CC4CC(CC(C4)C2)C3)sc2nccc(NCc3ccccc3)c12. The molecule has 0 atom stereocenters. The Hall–Kier alpha value is -2.40. The van der Waals surface area contributed by atoms with Gasteiger partial charge < -0.3 is 11.1 Å². The number of carbonyl (C=O) groups excluding carboxylic acids is 1. The lowest BCUT2D eigenvalue weighted by atomic mass is 9.48. The normalized spacial score (nSPS) is 29.4. The zero-order valence-electron chi connectivity index (χ0n) is 17.1. The summed E-state index contributed by atoms with van der Waals surface area (Å²) in [6.07, 6.45) is 9.02. The molecule has 5 heteroatoms. The number of nitrogens with zero attached hydrogens (tertiary/aromatic N) is 1. The average Bonchev–Trinajstić information content (AvgIpc) is 3.08. The van der Waals surface area contributed by atoms with Crippen LogP contribution < -0.4 is 11.1 Å². The van der Waals surface area contributed by atoms with Crippen LogP contribution in [0.4, 0.5) is 11.4 Å². The topological polar surface area (TPSA) is 68.0 Å². The van der Waals surface area contributed by atoms with Crippen molar-refractivity contribution >= 4 is 38.7 Å². The maximum Gasteiger partial charge on any atom is 0.181 e. The second-order valence-corrected chi connectivity index (χ2v) is 10.7. The molecule has 4 fully saturated rings. The Bertz CT molecular complexity index is 1080. The molecular weight excluding hydrogens is 390 g/mol. The van der Waals surface area contributed by atoms with Gasteiger partial charge in [-0.2, -0.15) is 0 Å². The zero-order chi connectivity index (χ0) is 20.3. The largest absolute Gasteiger partial charge is 0.397 e. The molecule has 0 unspecified atom stereocenters. The molecule has 30 heavy (non-hydrogen) atoms. The van der Waals surface area contributed by atoms with Crippen LogP contribution in [0.25, 0.3) is 10.2 Å². The highest BCUT2D eigenvalue weighted by Crippen LogP contribution is 2.61. The summed E-state index contributed by atoms with van der Waals surface area (Å²) in [4.78, 5) is 20.0. The Balaban J connectivity index is 1.34. The number of Topliss-reactive ketones (excluding diaryl/α,β-unsaturated/α-hetero) is 1. The highest BCUT2D eigenvalue weighted by atomic mass is 32.1. The summed E-state index contributed by atoms with van der Waals surface area (Å²) in [6.45, 7) is 0.716. The molecule has 4 aliphatic carbocycles. The third-order valence-electron chi connectivity index (χ3n) is 7.68. The van der Waals surface area contributed by atoms with Crippen molar-refractivity contribution in [3.63, 3.8) is 0 Å². The van der Waals surface area contributed by atoms with E-state index in [0.29, 0.717) is 18.0 Å². The highest BCUT2D eigenvalue weighted by Gasteiger charge is 2.55. The van der Waals surface area contributed by atoms with Crippen molar-refractivity contribution in [1.82, 2.24) is 4.98 Å². The molecule has 2 heterocycles. The third-order valence-corrected chi connectivity index (χ3v) is 8.79. The molecule has 4 bridgehead atoms. The average molecular weight is 418 g/mol. The first-order chi connectivity index (χ1) is 14.6. The first-order valence-electron chi connectivity index (χ1n) is 11.1. The van der Waals surface area contributed by atoms with Crippen molar-refractivity contribution < 1.29 is 4.79 Å². The van der Waals surface area contributed by atoms with Crippen LogP contribution in [0, 0.1) is 23.2 Å². The quantitative estimate of drug-likeness (QED) is 0.508. The number of carbonyl (C=O) groups is 1. The number of hydrogen-bond donors (Lipinski definition) is 2. The van der Waals surface area contributed by atoms with Crippen molar-refractivity contribution in [2.24, 2.45) is 23.2 Å². The summed E-state index contributed by atoms with van der Waals surface area (Å²) >= 11 is 1.49. The Labute approximate surface area is 180 Å². The number of pyridine rings is 1. The van der Waals surface area contributed by atoms with E-state index in [1.165, 1.54) is 36.2 Å². The summed E-state index contributed by atoms with van der Waals surface area (Å²) < 4.78 is 0. The number of thiophene rings is 1. The number of hydrogen-bond acceptors (Lipinski definition) is 5. The van der Waals surface area contributed by atoms with Gasteiger partial charge in [-0.1, -0.05) is 30.3 Å². The fourth-order valence-corrected chi connectivity index (χ4v) is 7.93. The molecule has 1 aromatic carbocycles. The van der Waals surface area contributed by atoms with E-state index in [1.807, 2.05) is 30.5 Å². The molecule has 3 aromatic rings. The Morgan fingerprint density at radius 2 is 1.73 bits per heavy atom. The number of nitrogens with one attached hydrogen (secondary N) is 1. The molecule has 0 saturated heterocycles. The Morgan fingerprint density at radius 1 is 1.07 bits per heavy atom. The van der Waals surface area contributed by atoms with Crippen LogP contribution in [-0.2, 0) is 6.54 Å². The van der Waals surface area contributed by atoms with Gasteiger partial charge in [-0.15, -0.1) is 11.3 Å². The maximum atomic E-state index is 13.9. The lowest BCUT2D eigenvalue weighted by Gasteiger charge is -2.55. The summed E-state index contributed by atoms with van der Waals surface area (Å²) in [6, 6.07) is 12.3. The van der Waals surface area contributed by atoms with E-state index in [9.17, 15) is 4.79 Å². The number of benzene rings is 1. The predicted octanol–water partition coefficient (Wildman–Crippen LogP) is 5.89. The van der Waals surface area contributed by atoms with Crippen LogP contribution in [0.5, 0.6) is 0 Å². The number of fused-ring (bicyclic) bond motifs is 1. The molecule has 0 aliphatic heterocycles. The van der Waals surface area contributed by atoms with Gasteiger partial charge in [-0.05, 0) is 67.9 Å². The van der Waals surface area contributed by atoms with Crippen molar-refractivity contribution in [3.8, 4) is 0 Å². The number of rotatable bonds is 5. The van der Waals surface area contributed by atoms with Gasteiger partial charge in [0, 0.05) is 23.8 Å². The third kappa shape index (κ3) is 2.86. The highest BCUT2D eigenvalue weighted by molar-refractivity contribution is 7.21. The first-order valence-corrected chi connectivity index (χ1v) is 11.9. The second-order valence-electron chi connectivity index (χ2n) is 9.75. The van der Waals surface area contributed by atoms with Crippen LogP contribution in [0.1, 0.15) is 53.8 Å². The minimum atomic E-state index is -0.165. The predicted molar refractivity (Wildman–Crippen MR) is 123 cm³/mol. The van der Waals surface area contributed by atoms with Crippen LogP contribution in [0.2, 0.25) is 0 Å². The van der Waals surface area contributed by atoms with E-state index in [0.717, 1.165) is 57.8 Å².